The summed E-state index contributed by atoms with van der Waals surface area (Å²) >= 11 is 5.55. The van der Waals surface area contributed by atoms with E-state index in [1.165, 1.54) is 0 Å². The van der Waals surface area contributed by atoms with E-state index >= 15 is 0 Å². The summed E-state index contributed by atoms with van der Waals surface area (Å²) < 4.78 is 25.9. The largest absolute Gasteiger partial charge is 0.207 e. The van der Waals surface area contributed by atoms with Crippen LogP contribution in [0.25, 0.3) is 0 Å². The summed E-state index contributed by atoms with van der Waals surface area (Å²) in [5.41, 5.74) is 0.152. The lowest BCUT2D eigenvalue weighted by atomic mass is 10.1. The summed E-state index contributed by atoms with van der Waals surface area (Å²) in [6, 6.07) is 2.05. The minimum absolute atomic E-state index is 0.152. The zero-order chi connectivity index (χ0) is 9.84. The molecule has 0 aliphatic carbocycles. The van der Waals surface area contributed by atoms with Crippen LogP contribution in [0.15, 0.2) is 12.1 Å². The smallest absolute Gasteiger partial charge is 0.142 e. The molecule has 0 amide bonds. The van der Waals surface area contributed by atoms with Crippen LogP contribution in [-0.4, -0.2) is 0 Å². The maximum atomic E-state index is 13.0. The highest BCUT2D eigenvalue weighted by Gasteiger charge is 2.10. The Hall–Kier alpha value is -1.07. The van der Waals surface area contributed by atoms with Crippen molar-refractivity contribution >= 4 is 11.6 Å². The van der Waals surface area contributed by atoms with Gasteiger partial charge in [0.05, 0.1) is 5.02 Å². The van der Waals surface area contributed by atoms with Crippen LogP contribution in [0.5, 0.6) is 0 Å². The SMILES string of the molecule is C#CCCc1c(F)ccc(F)c1Cl. The molecule has 68 valence electrons. The Balaban J connectivity index is 3.04. The quantitative estimate of drug-likeness (QED) is 0.508. The van der Waals surface area contributed by atoms with Gasteiger partial charge in [0.25, 0.3) is 0 Å². The van der Waals surface area contributed by atoms with Gasteiger partial charge in [-0.05, 0) is 18.6 Å². The van der Waals surface area contributed by atoms with E-state index in [9.17, 15) is 8.78 Å². The highest BCUT2D eigenvalue weighted by molar-refractivity contribution is 6.31. The number of hydrogen-bond donors (Lipinski definition) is 0. The molecule has 0 atom stereocenters. The monoisotopic (exact) mass is 200 g/mol. The lowest BCUT2D eigenvalue weighted by Gasteiger charge is -2.03. The van der Waals surface area contributed by atoms with Gasteiger partial charge in [-0.1, -0.05) is 11.6 Å². The zero-order valence-corrected chi connectivity index (χ0v) is 7.54. The van der Waals surface area contributed by atoms with Crippen LogP contribution < -0.4 is 0 Å². The van der Waals surface area contributed by atoms with Gasteiger partial charge in [-0.3, -0.25) is 0 Å². The maximum absolute atomic E-state index is 13.0. The second-order valence-corrected chi connectivity index (χ2v) is 2.90. The van der Waals surface area contributed by atoms with Crippen molar-refractivity contribution in [3.8, 4) is 12.3 Å². The first-order chi connectivity index (χ1) is 6.16. The van der Waals surface area contributed by atoms with Crippen molar-refractivity contribution in [2.24, 2.45) is 0 Å². The maximum Gasteiger partial charge on any atom is 0.142 e. The first-order valence-electron chi connectivity index (χ1n) is 3.72. The Labute approximate surface area is 80.5 Å². The van der Waals surface area contributed by atoms with E-state index in [4.69, 9.17) is 18.0 Å². The van der Waals surface area contributed by atoms with Gasteiger partial charge < -0.3 is 0 Å². The van der Waals surface area contributed by atoms with Crippen molar-refractivity contribution in [3.63, 3.8) is 0 Å². The van der Waals surface area contributed by atoms with E-state index in [-0.39, 0.29) is 17.0 Å². The van der Waals surface area contributed by atoms with Gasteiger partial charge in [0.1, 0.15) is 11.6 Å². The summed E-state index contributed by atoms with van der Waals surface area (Å²) in [5, 5.41) is -0.171. The molecule has 0 radical (unpaired) electrons. The second-order valence-electron chi connectivity index (χ2n) is 2.53. The Morgan fingerprint density at radius 3 is 2.54 bits per heavy atom. The molecule has 0 saturated carbocycles. The molecule has 1 aromatic carbocycles. The van der Waals surface area contributed by atoms with Crippen molar-refractivity contribution in [2.75, 3.05) is 0 Å². The summed E-state index contributed by atoms with van der Waals surface area (Å²) in [6.07, 6.45) is 5.62. The van der Waals surface area contributed by atoms with Crippen molar-refractivity contribution in [2.45, 2.75) is 12.8 Å². The second kappa shape index (κ2) is 4.25. The molecule has 0 bridgehead atoms. The molecule has 0 heterocycles. The van der Waals surface area contributed by atoms with Crippen LogP contribution in [0.4, 0.5) is 8.78 Å². The molecule has 3 heteroatoms. The van der Waals surface area contributed by atoms with E-state index in [2.05, 4.69) is 5.92 Å². The molecule has 0 spiro atoms. The lowest BCUT2D eigenvalue weighted by Crippen LogP contribution is -1.94. The molecule has 0 N–H and O–H groups in total. The van der Waals surface area contributed by atoms with Gasteiger partial charge in [-0.2, -0.15) is 0 Å². The fourth-order valence-electron chi connectivity index (χ4n) is 0.995. The third kappa shape index (κ3) is 2.19. The topological polar surface area (TPSA) is 0 Å². The highest BCUT2D eigenvalue weighted by atomic mass is 35.5. The molecule has 13 heavy (non-hydrogen) atoms. The van der Waals surface area contributed by atoms with E-state index in [0.717, 1.165) is 12.1 Å². The van der Waals surface area contributed by atoms with Crippen LogP contribution in [0, 0.1) is 24.0 Å². The van der Waals surface area contributed by atoms with Crippen LogP contribution in [0.3, 0.4) is 0 Å². The fraction of sp³-hybridized carbons (Fsp3) is 0.200. The molecule has 0 aromatic heterocycles. The molecule has 0 saturated heterocycles. The third-order valence-electron chi connectivity index (χ3n) is 1.66. The summed E-state index contributed by atoms with van der Waals surface area (Å²) in [6.45, 7) is 0. The van der Waals surface area contributed by atoms with Crippen LogP contribution in [0.1, 0.15) is 12.0 Å². The van der Waals surface area contributed by atoms with Crippen molar-refractivity contribution in [3.05, 3.63) is 34.4 Å². The van der Waals surface area contributed by atoms with Crippen LogP contribution in [0.2, 0.25) is 5.02 Å². The molecule has 1 rings (SSSR count). The van der Waals surface area contributed by atoms with Gasteiger partial charge in [-0.15, -0.1) is 12.3 Å². The zero-order valence-electron chi connectivity index (χ0n) is 6.78. The number of benzene rings is 1. The first-order valence-corrected chi connectivity index (χ1v) is 4.10. The standard InChI is InChI=1S/C10H7ClF2/c1-2-3-4-7-8(12)5-6-9(13)10(7)11/h1,5-6H,3-4H2. The minimum atomic E-state index is -0.616. The highest BCUT2D eigenvalue weighted by Crippen LogP contribution is 2.23. The summed E-state index contributed by atoms with van der Waals surface area (Å²) in [4.78, 5) is 0. The van der Waals surface area contributed by atoms with Gasteiger partial charge in [0, 0.05) is 12.0 Å². The molecule has 0 nitrogen and oxygen atoms in total. The van der Waals surface area contributed by atoms with Gasteiger partial charge >= 0.3 is 0 Å². The van der Waals surface area contributed by atoms with E-state index in [1.54, 1.807) is 0 Å². The Morgan fingerprint density at radius 1 is 1.31 bits per heavy atom. The predicted molar refractivity (Wildman–Crippen MR) is 48.5 cm³/mol. The molecule has 1 aromatic rings. The fourth-order valence-corrected chi connectivity index (χ4v) is 1.24. The molecule has 0 aliphatic heterocycles. The Kier molecular flexibility index (Phi) is 3.27. The number of hydrogen-bond acceptors (Lipinski definition) is 0. The first kappa shape index (κ1) is 10.0. The number of halogens is 3. The van der Waals surface area contributed by atoms with Crippen LogP contribution in [-0.2, 0) is 6.42 Å². The molecule has 0 aliphatic rings. The van der Waals surface area contributed by atoms with Gasteiger partial charge in [0.2, 0.25) is 0 Å². The molecule has 0 unspecified atom stereocenters. The number of terminal acetylenes is 1. The minimum Gasteiger partial charge on any atom is -0.207 e. The van der Waals surface area contributed by atoms with Crippen molar-refractivity contribution in [1.82, 2.24) is 0 Å². The van der Waals surface area contributed by atoms with Gasteiger partial charge in [0.15, 0.2) is 0 Å². The van der Waals surface area contributed by atoms with Gasteiger partial charge in [-0.25, -0.2) is 8.78 Å². The Morgan fingerprint density at radius 2 is 1.92 bits per heavy atom. The Bertz CT molecular complexity index is 353. The summed E-state index contributed by atoms with van der Waals surface area (Å²) in [5.74, 6) is 1.21. The number of rotatable bonds is 2. The van der Waals surface area contributed by atoms with E-state index in [0.29, 0.717) is 6.42 Å². The van der Waals surface area contributed by atoms with Crippen molar-refractivity contribution in [1.29, 1.82) is 0 Å². The van der Waals surface area contributed by atoms with E-state index in [1.807, 2.05) is 0 Å². The average Bonchev–Trinajstić information content (AvgIpc) is 2.12. The summed E-state index contributed by atoms with van der Waals surface area (Å²) in [7, 11) is 0. The normalized spacial score (nSPS) is 9.69. The predicted octanol–water partition coefficient (Wildman–Crippen LogP) is 3.18. The third-order valence-corrected chi connectivity index (χ3v) is 2.07. The molecular weight excluding hydrogens is 194 g/mol. The van der Waals surface area contributed by atoms with E-state index < -0.39 is 11.6 Å². The molecule has 0 fully saturated rings. The van der Waals surface area contributed by atoms with Crippen LogP contribution >= 0.6 is 11.6 Å². The average molecular weight is 201 g/mol. The van der Waals surface area contributed by atoms with Crippen molar-refractivity contribution < 1.29 is 8.78 Å². The molecular formula is C10H7ClF2. The lowest BCUT2D eigenvalue weighted by molar-refractivity contribution is 0.585.